The Balaban J connectivity index is 1.49. The van der Waals surface area contributed by atoms with Crippen molar-refractivity contribution in [1.29, 1.82) is 0 Å². The monoisotopic (exact) mass is 414 g/mol. The van der Waals surface area contributed by atoms with Gasteiger partial charge in [0.1, 0.15) is 25.5 Å². The third-order valence-corrected chi connectivity index (χ3v) is 4.23. The van der Waals surface area contributed by atoms with Gasteiger partial charge in [-0.05, 0) is 31.2 Å². The molecule has 0 saturated heterocycles. The van der Waals surface area contributed by atoms with Crippen LogP contribution in [0, 0.1) is 0 Å². The molecule has 0 aromatic heterocycles. The van der Waals surface area contributed by atoms with Gasteiger partial charge in [-0.2, -0.15) is 0 Å². The van der Waals surface area contributed by atoms with E-state index in [4.69, 9.17) is 18.9 Å². The van der Waals surface area contributed by atoms with E-state index in [1.54, 1.807) is 42.5 Å². The summed E-state index contributed by atoms with van der Waals surface area (Å²) < 4.78 is 21.1. The fraction of sp³-hybridized carbons (Fsp3) is 0.286. The Morgan fingerprint density at radius 2 is 1.80 bits per heavy atom. The summed E-state index contributed by atoms with van der Waals surface area (Å²) in [5.41, 5.74) is 0.772. The molecule has 0 unspecified atom stereocenters. The van der Waals surface area contributed by atoms with E-state index in [0.717, 1.165) is 0 Å². The van der Waals surface area contributed by atoms with E-state index in [9.17, 15) is 14.4 Å². The Labute approximate surface area is 173 Å². The van der Waals surface area contributed by atoms with Gasteiger partial charge in [-0.3, -0.25) is 14.4 Å². The van der Waals surface area contributed by atoms with Gasteiger partial charge in [-0.15, -0.1) is 0 Å². The number of rotatable bonds is 7. The molecule has 9 heteroatoms. The predicted molar refractivity (Wildman–Crippen MR) is 107 cm³/mol. The zero-order valence-electron chi connectivity index (χ0n) is 16.6. The van der Waals surface area contributed by atoms with Crippen LogP contribution in [0.15, 0.2) is 42.5 Å². The summed E-state index contributed by atoms with van der Waals surface area (Å²) in [6.45, 7) is 1.95. The molecule has 0 fully saturated rings. The summed E-state index contributed by atoms with van der Waals surface area (Å²) in [6.07, 6.45) is -1.06. The van der Waals surface area contributed by atoms with Crippen LogP contribution >= 0.6 is 0 Å². The van der Waals surface area contributed by atoms with Crippen LogP contribution in [0.3, 0.4) is 0 Å². The molecule has 0 spiro atoms. The summed E-state index contributed by atoms with van der Waals surface area (Å²) in [7, 11) is 1.45. The highest BCUT2D eigenvalue weighted by molar-refractivity contribution is 5.99. The van der Waals surface area contributed by atoms with Crippen LogP contribution in [-0.2, 0) is 14.3 Å². The molecule has 2 aromatic carbocycles. The van der Waals surface area contributed by atoms with E-state index < -0.39 is 30.4 Å². The van der Waals surface area contributed by atoms with Crippen molar-refractivity contribution < 1.29 is 33.3 Å². The molecule has 1 atom stereocenters. The van der Waals surface area contributed by atoms with Crippen molar-refractivity contribution in [2.45, 2.75) is 13.0 Å². The largest absolute Gasteiger partial charge is 0.496 e. The number of hydrogen-bond donors (Lipinski definition) is 2. The number of anilines is 1. The van der Waals surface area contributed by atoms with Crippen molar-refractivity contribution in [3.63, 3.8) is 0 Å². The summed E-state index contributed by atoms with van der Waals surface area (Å²) in [4.78, 5) is 36.5. The summed E-state index contributed by atoms with van der Waals surface area (Å²) in [5, 5.41) is 5.09. The number of benzene rings is 2. The van der Waals surface area contributed by atoms with Gasteiger partial charge in [-0.1, -0.05) is 12.1 Å². The predicted octanol–water partition coefficient (Wildman–Crippen LogP) is 1.77. The van der Waals surface area contributed by atoms with Gasteiger partial charge in [0.05, 0.1) is 12.7 Å². The fourth-order valence-electron chi connectivity index (χ4n) is 2.74. The molecule has 9 nitrogen and oxygen atoms in total. The molecule has 1 heterocycles. The minimum Gasteiger partial charge on any atom is -0.496 e. The molecule has 0 bridgehead atoms. The highest BCUT2D eigenvalue weighted by Crippen LogP contribution is 2.32. The van der Waals surface area contributed by atoms with Gasteiger partial charge >= 0.3 is 5.97 Å². The molecule has 1 aliphatic heterocycles. The second-order valence-corrected chi connectivity index (χ2v) is 6.36. The number of esters is 1. The van der Waals surface area contributed by atoms with Crippen molar-refractivity contribution in [1.82, 2.24) is 5.32 Å². The third kappa shape index (κ3) is 5.19. The average molecular weight is 414 g/mol. The summed E-state index contributed by atoms with van der Waals surface area (Å²) in [6, 6.07) is 11.6. The zero-order valence-corrected chi connectivity index (χ0v) is 16.6. The molecule has 3 rings (SSSR count). The Bertz CT molecular complexity index is 945. The second kappa shape index (κ2) is 9.64. The number of ether oxygens (including phenoxy) is 4. The van der Waals surface area contributed by atoms with Crippen molar-refractivity contribution in [3.8, 4) is 17.2 Å². The summed E-state index contributed by atoms with van der Waals surface area (Å²) in [5.74, 6) is -0.236. The smallest absolute Gasteiger partial charge is 0.326 e. The minimum atomic E-state index is -1.06. The number of carbonyl (C=O) groups is 3. The maximum absolute atomic E-state index is 12.3. The number of nitrogens with one attached hydrogen (secondary N) is 2. The number of para-hydroxylation sites is 1. The van der Waals surface area contributed by atoms with E-state index >= 15 is 0 Å². The third-order valence-electron chi connectivity index (χ3n) is 4.23. The Morgan fingerprint density at radius 3 is 2.57 bits per heavy atom. The lowest BCUT2D eigenvalue weighted by molar-refractivity contribution is -0.152. The topological polar surface area (TPSA) is 112 Å². The van der Waals surface area contributed by atoms with Crippen LogP contribution in [0.2, 0.25) is 0 Å². The SMILES string of the molecule is COc1ccccc1C(=O)NCC(=O)O[C@H](C)C(=O)Nc1ccc2c(c1)OCCO2. The lowest BCUT2D eigenvalue weighted by Crippen LogP contribution is -2.36. The van der Waals surface area contributed by atoms with E-state index in [1.165, 1.54) is 14.0 Å². The standard InChI is InChI=1S/C21H22N2O7/c1-13(20(25)23-14-7-8-17-18(11-14)29-10-9-28-17)30-19(24)12-22-21(26)15-5-3-4-6-16(15)27-2/h3-8,11,13H,9-10,12H2,1-2H3,(H,22,26)(H,23,25)/t13-/m1/s1. The first-order valence-corrected chi connectivity index (χ1v) is 9.29. The van der Waals surface area contributed by atoms with Crippen LogP contribution in [-0.4, -0.2) is 50.8 Å². The molecule has 158 valence electrons. The van der Waals surface area contributed by atoms with Gasteiger partial charge in [0.15, 0.2) is 17.6 Å². The van der Waals surface area contributed by atoms with Gasteiger partial charge < -0.3 is 29.6 Å². The first-order valence-electron chi connectivity index (χ1n) is 9.29. The highest BCUT2D eigenvalue weighted by Gasteiger charge is 2.20. The fourth-order valence-corrected chi connectivity index (χ4v) is 2.74. The van der Waals surface area contributed by atoms with Crippen LogP contribution in [0.4, 0.5) is 5.69 Å². The number of amides is 2. The van der Waals surface area contributed by atoms with Gasteiger partial charge in [0, 0.05) is 11.8 Å². The number of hydrogen-bond acceptors (Lipinski definition) is 7. The quantitative estimate of drug-likeness (QED) is 0.664. The normalized spacial score (nSPS) is 13.0. The Kier molecular flexibility index (Phi) is 6.74. The van der Waals surface area contributed by atoms with Crippen LogP contribution in [0.1, 0.15) is 17.3 Å². The van der Waals surface area contributed by atoms with Crippen molar-refractivity contribution in [2.75, 3.05) is 32.2 Å². The van der Waals surface area contributed by atoms with Crippen molar-refractivity contribution in [2.24, 2.45) is 0 Å². The molecule has 0 aliphatic carbocycles. The van der Waals surface area contributed by atoms with E-state index in [0.29, 0.717) is 36.1 Å². The van der Waals surface area contributed by atoms with E-state index in [-0.39, 0.29) is 5.56 Å². The van der Waals surface area contributed by atoms with Gasteiger partial charge in [0.2, 0.25) is 0 Å². The van der Waals surface area contributed by atoms with Crippen molar-refractivity contribution >= 4 is 23.5 Å². The molecule has 0 radical (unpaired) electrons. The second-order valence-electron chi connectivity index (χ2n) is 6.36. The lowest BCUT2D eigenvalue weighted by Gasteiger charge is -2.19. The molecule has 30 heavy (non-hydrogen) atoms. The molecule has 1 aliphatic rings. The molecular formula is C21H22N2O7. The maximum Gasteiger partial charge on any atom is 0.326 e. The number of carbonyl (C=O) groups excluding carboxylic acids is 3. The molecular weight excluding hydrogens is 392 g/mol. The average Bonchev–Trinajstić information content (AvgIpc) is 2.77. The Morgan fingerprint density at radius 1 is 1.07 bits per heavy atom. The first kappa shape index (κ1) is 21.0. The first-order chi connectivity index (χ1) is 14.5. The molecule has 2 aromatic rings. The zero-order chi connectivity index (χ0) is 21.5. The van der Waals surface area contributed by atoms with Crippen molar-refractivity contribution in [3.05, 3.63) is 48.0 Å². The number of fused-ring (bicyclic) bond motifs is 1. The van der Waals surface area contributed by atoms with Crippen LogP contribution < -0.4 is 24.8 Å². The van der Waals surface area contributed by atoms with E-state index in [2.05, 4.69) is 10.6 Å². The van der Waals surface area contributed by atoms with Gasteiger partial charge in [0.25, 0.3) is 11.8 Å². The van der Waals surface area contributed by atoms with Gasteiger partial charge in [-0.25, -0.2) is 0 Å². The minimum absolute atomic E-state index is 0.289. The number of methoxy groups -OCH3 is 1. The maximum atomic E-state index is 12.3. The molecule has 0 saturated carbocycles. The van der Waals surface area contributed by atoms with Crippen LogP contribution in [0.25, 0.3) is 0 Å². The molecule has 2 amide bonds. The summed E-state index contributed by atoms with van der Waals surface area (Å²) >= 11 is 0. The van der Waals surface area contributed by atoms with Crippen LogP contribution in [0.5, 0.6) is 17.2 Å². The molecule has 2 N–H and O–H groups in total. The van der Waals surface area contributed by atoms with E-state index in [1.807, 2.05) is 0 Å². The lowest BCUT2D eigenvalue weighted by atomic mass is 10.2. The Hall–Kier alpha value is -3.75. The highest BCUT2D eigenvalue weighted by atomic mass is 16.6.